The third kappa shape index (κ3) is 3.19. The number of amides is 1. The van der Waals surface area contributed by atoms with Gasteiger partial charge < -0.3 is 20.1 Å². The summed E-state index contributed by atoms with van der Waals surface area (Å²) in [5.74, 6) is 1.43. The Hall–Kier alpha value is -1.75. The number of fused-ring (bicyclic) bond motifs is 1. The van der Waals surface area contributed by atoms with Crippen molar-refractivity contribution in [3.8, 4) is 11.5 Å². The summed E-state index contributed by atoms with van der Waals surface area (Å²) in [5.41, 5.74) is 8.17. The van der Waals surface area contributed by atoms with Crippen LogP contribution in [0.4, 0.5) is 0 Å². The van der Waals surface area contributed by atoms with Crippen LogP contribution >= 0.6 is 0 Å². The second kappa shape index (κ2) is 6.16. The number of hydrogen-bond acceptors (Lipinski definition) is 4. The smallest absolute Gasteiger partial charge is 0.240 e. The van der Waals surface area contributed by atoms with Crippen LogP contribution in [0.25, 0.3) is 0 Å². The van der Waals surface area contributed by atoms with Gasteiger partial charge >= 0.3 is 0 Å². The standard InChI is InChI=1S/C17H26N2O3/c1-17(2,3)15(18)16(20)19-7-6-11-8-13(21-4)14(22-5)9-12(11)10-19/h8-9,15H,6-7,10,18H2,1-5H3/t15-/m1/s1. The lowest BCUT2D eigenvalue weighted by Gasteiger charge is -2.35. The lowest BCUT2D eigenvalue weighted by molar-refractivity contribution is -0.135. The van der Waals surface area contributed by atoms with E-state index in [4.69, 9.17) is 15.2 Å². The highest BCUT2D eigenvalue weighted by Crippen LogP contribution is 2.33. The molecule has 2 rings (SSSR count). The minimum absolute atomic E-state index is 0.00735. The second-order valence-corrected chi connectivity index (χ2v) is 6.83. The van der Waals surface area contributed by atoms with Gasteiger partial charge in [0.15, 0.2) is 11.5 Å². The average Bonchev–Trinajstić information content (AvgIpc) is 2.50. The van der Waals surface area contributed by atoms with Crippen LogP contribution in [0.2, 0.25) is 0 Å². The van der Waals surface area contributed by atoms with Crippen molar-refractivity contribution in [1.29, 1.82) is 0 Å². The van der Waals surface area contributed by atoms with E-state index in [2.05, 4.69) is 0 Å². The average molecular weight is 306 g/mol. The molecule has 0 aliphatic carbocycles. The number of carbonyl (C=O) groups excluding carboxylic acids is 1. The van der Waals surface area contributed by atoms with Crippen LogP contribution in [0, 0.1) is 5.41 Å². The highest BCUT2D eigenvalue weighted by molar-refractivity contribution is 5.82. The molecular weight excluding hydrogens is 280 g/mol. The molecule has 1 aliphatic heterocycles. The zero-order chi connectivity index (χ0) is 16.5. The highest BCUT2D eigenvalue weighted by atomic mass is 16.5. The van der Waals surface area contributed by atoms with E-state index in [-0.39, 0.29) is 11.3 Å². The van der Waals surface area contributed by atoms with Crippen molar-refractivity contribution in [3.63, 3.8) is 0 Å². The molecule has 0 radical (unpaired) electrons. The Morgan fingerprint density at radius 1 is 1.18 bits per heavy atom. The summed E-state index contributed by atoms with van der Waals surface area (Å²) >= 11 is 0. The monoisotopic (exact) mass is 306 g/mol. The van der Waals surface area contributed by atoms with Crippen molar-refractivity contribution in [1.82, 2.24) is 4.90 Å². The van der Waals surface area contributed by atoms with E-state index in [1.54, 1.807) is 14.2 Å². The van der Waals surface area contributed by atoms with Gasteiger partial charge in [-0.3, -0.25) is 4.79 Å². The van der Waals surface area contributed by atoms with Crippen molar-refractivity contribution in [3.05, 3.63) is 23.3 Å². The van der Waals surface area contributed by atoms with E-state index in [1.165, 1.54) is 5.56 Å². The molecule has 0 saturated heterocycles. The topological polar surface area (TPSA) is 64.8 Å². The lowest BCUT2D eigenvalue weighted by atomic mass is 9.86. The van der Waals surface area contributed by atoms with Crippen LogP contribution in [0.3, 0.4) is 0 Å². The van der Waals surface area contributed by atoms with Gasteiger partial charge in [0.25, 0.3) is 0 Å². The van der Waals surface area contributed by atoms with Crippen molar-refractivity contribution < 1.29 is 14.3 Å². The first-order valence-electron chi connectivity index (χ1n) is 7.56. The molecule has 5 heteroatoms. The first-order valence-corrected chi connectivity index (χ1v) is 7.56. The van der Waals surface area contributed by atoms with Crippen LogP contribution in [-0.2, 0) is 17.8 Å². The Balaban J connectivity index is 2.23. The maximum absolute atomic E-state index is 12.6. The van der Waals surface area contributed by atoms with Crippen molar-refractivity contribution in [2.45, 2.75) is 39.8 Å². The van der Waals surface area contributed by atoms with E-state index in [0.29, 0.717) is 18.8 Å². The summed E-state index contributed by atoms with van der Waals surface area (Å²) in [6.45, 7) is 7.22. The summed E-state index contributed by atoms with van der Waals surface area (Å²) in [7, 11) is 3.25. The van der Waals surface area contributed by atoms with E-state index in [1.807, 2.05) is 37.8 Å². The number of nitrogens with zero attached hydrogens (tertiary/aromatic N) is 1. The first kappa shape index (κ1) is 16.6. The summed E-state index contributed by atoms with van der Waals surface area (Å²) in [6.07, 6.45) is 0.804. The van der Waals surface area contributed by atoms with Crippen LogP contribution < -0.4 is 15.2 Å². The number of rotatable bonds is 3. The second-order valence-electron chi connectivity index (χ2n) is 6.83. The minimum atomic E-state index is -0.491. The van der Waals surface area contributed by atoms with E-state index >= 15 is 0 Å². The number of benzene rings is 1. The zero-order valence-corrected chi connectivity index (χ0v) is 14.1. The molecule has 22 heavy (non-hydrogen) atoms. The Morgan fingerprint density at radius 2 is 1.73 bits per heavy atom. The predicted octanol–water partition coefficient (Wildman–Crippen LogP) is 1.96. The maximum Gasteiger partial charge on any atom is 0.240 e. The molecule has 1 heterocycles. The zero-order valence-electron chi connectivity index (χ0n) is 14.1. The molecule has 122 valence electrons. The van der Waals surface area contributed by atoms with Crippen LogP contribution in [-0.4, -0.2) is 37.6 Å². The largest absolute Gasteiger partial charge is 0.493 e. The van der Waals surface area contributed by atoms with E-state index < -0.39 is 6.04 Å². The SMILES string of the molecule is COc1cc2c(cc1OC)CN(C(=O)[C@@H](N)C(C)(C)C)CC2. The lowest BCUT2D eigenvalue weighted by Crippen LogP contribution is -2.51. The molecule has 0 spiro atoms. The summed E-state index contributed by atoms with van der Waals surface area (Å²) in [6, 6.07) is 3.46. The fourth-order valence-electron chi connectivity index (χ4n) is 2.64. The fourth-order valence-corrected chi connectivity index (χ4v) is 2.64. The summed E-state index contributed by atoms with van der Waals surface area (Å²) < 4.78 is 10.7. The summed E-state index contributed by atoms with van der Waals surface area (Å²) in [4.78, 5) is 14.4. The molecule has 0 aromatic heterocycles. The number of carbonyl (C=O) groups is 1. The van der Waals surface area contributed by atoms with Crippen LogP contribution in [0.5, 0.6) is 11.5 Å². The predicted molar refractivity (Wildman–Crippen MR) is 86.1 cm³/mol. The third-order valence-corrected chi connectivity index (χ3v) is 4.23. The fraction of sp³-hybridized carbons (Fsp3) is 0.588. The van der Waals surface area contributed by atoms with Crippen molar-refractivity contribution in [2.24, 2.45) is 11.1 Å². The van der Waals surface area contributed by atoms with Crippen LogP contribution in [0.1, 0.15) is 31.9 Å². The number of ether oxygens (including phenoxy) is 2. The van der Waals surface area contributed by atoms with Gasteiger partial charge in [-0.15, -0.1) is 0 Å². The van der Waals surface area contributed by atoms with Crippen LogP contribution in [0.15, 0.2) is 12.1 Å². The number of hydrogen-bond donors (Lipinski definition) is 1. The van der Waals surface area contributed by atoms with Gasteiger partial charge in [0.05, 0.1) is 20.3 Å². The normalized spacial score (nSPS) is 16.0. The molecule has 0 fully saturated rings. The first-order chi connectivity index (χ1) is 10.3. The summed E-state index contributed by atoms with van der Waals surface area (Å²) in [5, 5.41) is 0. The van der Waals surface area contributed by atoms with Gasteiger partial charge in [-0.2, -0.15) is 0 Å². The molecule has 1 aromatic carbocycles. The van der Waals surface area contributed by atoms with Gasteiger partial charge in [0.2, 0.25) is 5.91 Å². The molecule has 1 aliphatic rings. The quantitative estimate of drug-likeness (QED) is 0.927. The molecule has 2 N–H and O–H groups in total. The maximum atomic E-state index is 12.6. The van der Waals surface area contributed by atoms with Crippen molar-refractivity contribution >= 4 is 5.91 Å². The van der Waals surface area contributed by atoms with E-state index in [0.717, 1.165) is 17.7 Å². The molecule has 1 amide bonds. The molecular formula is C17H26N2O3. The van der Waals surface area contributed by atoms with Crippen molar-refractivity contribution in [2.75, 3.05) is 20.8 Å². The Labute approximate surface area is 132 Å². The molecule has 0 saturated carbocycles. The number of nitrogens with two attached hydrogens (primary N) is 1. The Kier molecular flexibility index (Phi) is 4.66. The molecule has 1 aromatic rings. The molecule has 0 unspecified atom stereocenters. The van der Waals surface area contributed by atoms with Gasteiger partial charge in [-0.25, -0.2) is 0 Å². The number of methoxy groups -OCH3 is 2. The Bertz CT molecular complexity index is 564. The molecule has 5 nitrogen and oxygen atoms in total. The van der Waals surface area contributed by atoms with Gasteiger partial charge in [0.1, 0.15) is 0 Å². The molecule has 0 bridgehead atoms. The highest BCUT2D eigenvalue weighted by Gasteiger charge is 2.32. The van der Waals surface area contributed by atoms with E-state index in [9.17, 15) is 4.79 Å². The minimum Gasteiger partial charge on any atom is -0.493 e. The molecule has 1 atom stereocenters. The third-order valence-electron chi connectivity index (χ3n) is 4.23. The van der Waals surface area contributed by atoms with Gasteiger partial charge in [0, 0.05) is 13.1 Å². The van der Waals surface area contributed by atoms with Gasteiger partial charge in [-0.05, 0) is 35.1 Å². The Morgan fingerprint density at radius 3 is 2.23 bits per heavy atom. The van der Waals surface area contributed by atoms with Gasteiger partial charge in [-0.1, -0.05) is 20.8 Å².